The number of allylic oxidation sites excluding steroid dienone is 12. The Hall–Kier alpha value is -2.15. The average molecular weight is 238 g/mol. The maximum atomic E-state index is 12.3. The molecule has 18 heavy (non-hydrogen) atoms. The largest absolute Gasteiger partial charge is 0.289 e. The number of carbonyl (C=O) groups excluding carboxylic acids is 1. The lowest BCUT2D eigenvalue weighted by molar-refractivity contribution is -0.111. The molecule has 92 valence electrons. The van der Waals surface area contributed by atoms with Gasteiger partial charge in [0, 0.05) is 11.1 Å². The van der Waals surface area contributed by atoms with Gasteiger partial charge in [-0.15, -0.1) is 0 Å². The van der Waals surface area contributed by atoms with Crippen molar-refractivity contribution in [1.82, 2.24) is 0 Å². The van der Waals surface area contributed by atoms with E-state index in [2.05, 4.69) is 13.2 Å². The summed E-state index contributed by atoms with van der Waals surface area (Å²) in [5.41, 5.74) is 3.21. The molecule has 0 aromatic carbocycles. The molecule has 0 atom stereocenters. The highest BCUT2D eigenvalue weighted by Crippen LogP contribution is 2.33. The van der Waals surface area contributed by atoms with E-state index < -0.39 is 0 Å². The maximum absolute atomic E-state index is 12.3. The number of ketones is 1. The molecule has 0 saturated heterocycles. The van der Waals surface area contributed by atoms with Crippen LogP contribution in [0.25, 0.3) is 0 Å². The van der Waals surface area contributed by atoms with Gasteiger partial charge >= 0.3 is 0 Å². The minimum absolute atomic E-state index is 0.0277. The van der Waals surface area contributed by atoms with Crippen LogP contribution in [0.2, 0.25) is 0 Å². The fourth-order valence-corrected chi connectivity index (χ4v) is 1.90. The zero-order valence-electron chi connectivity index (χ0n) is 10.9. The molecular weight excluding hydrogens is 220 g/mol. The van der Waals surface area contributed by atoms with E-state index in [1.165, 1.54) is 0 Å². The van der Waals surface area contributed by atoms with Crippen molar-refractivity contribution in [3.8, 4) is 0 Å². The summed E-state index contributed by atoms with van der Waals surface area (Å²) in [5, 5.41) is 0. The Morgan fingerprint density at radius 1 is 0.833 bits per heavy atom. The lowest BCUT2D eigenvalue weighted by Gasteiger charge is -2.00. The van der Waals surface area contributed by atoms with E-state index in [4.69, 9.17) is 0 Å². The van der Waals surface area contributed by atoms with Crippen LogP contribution in [0.4, 0.5) is 0 Å². The monoisotopic (exact) mass is 238 g/mol. The summed E-state index contributed by atoms with van der Waals surface area (Å²) in [6.45, 7) is 11.2. The Bertz CT molecular complexity index is 520. The van der Waals surface area contributed by atoms with Crippen LogP contribution in [0.1, 0.15) is 13.8 Å². The first kappa shape index (κ1) is 13.9. The summed E-state index contributed by atoms with van der Waals surface area (Å²) in [6.07, 6.45) is 14.6. The van der Waals surface area contributed by atoms with E-state index in [1.54, 1.807) is 12.2 Å². The Labute approximate surface area is 109 Å². The van der Waals surface area contributed by atoms with Gasteiger partial charge in [-0.25, -0.2) is 0 Å². The number of hydrogen-bond donors (Lipinski definition) is 0. The van der Waals surface area contributed by atoms with Gasteiger partial charge in [0.2, 0.25) is 0 Å². The molecule has 0 unspecified atom stereocenters. The standard InChI is InChI=1S/C17H18O/c1-5-9-12-15-13(8-4)17(18)16(11-7-3)14(15)10-6-2/h5-12H,1,4H2,2-3H3/b10-6-,11-7-,12-9-. The van der Waals surface area contributed by atoms with Crippen LogP contribution < -0.4 is 0 Å². The Morgan fingerprint density at radius 2 is 1.39 bits per heavy atom. The average Bonchev–Trinajstić information content (AvgIpc) is 2.61. The topological polar surface area (TPSA) is 17.1 Å². The molecule has 1 heteroatoms. The number of carbonyl (C=O) groups is 1. The SMILES string of the molecule is C=C/C=C\C1=C(C=C)C(=O)C(/C=C\C)=C1/C=C\C. The fraction of sp³-hybridized carbons (Fsp3) is 0.118. The highest BCUT2D eigenvalue weighted by Gasteiger charge is 2.25. The minimum atomic E-state index is 0.0277. The molecule has 1 nitrogen and oxygen atoms in total. The summed E-state index contributed by atoms with van der Waals surface area (Å²) in [5.74, 6) is 0.0277. The quantitative estimate of drug-likeness (QED) is 0.655. The van der Waals surface area contributed by atoms with Crippen molar-refractivity contribution >= 4 is 5.78 Å². The summed E-state index contributed by atoms with van der Waals surface area (Å²) in [7, 11) is 0. The minimum Gasteiger partial charge on any atom is -0.289 e. The van der Waals surface area contributed by atoms with Crippen LogP contribution in [0.3, 0.4) is 0 Å². The van der Waals surface area contributed by atoms with Crippen molar-refractivity contribution in [3.63, 3.8) is 0 Å². The lowest BCUT2D eigenvalue weighted by atomic mass is 10.0. The first-order valence-corrected chi connectivity index (χ1v) is 5.91. The van der Waals surface area contributed by atoms with Crippen molar-refractivity contribution in [2.24, 2.45) is 0 Å². The molecule has 0 aromatic heterocycles. The van der Waals surface area contributed by atoms with Crippen molar-refractivity contribution in [2.75, 3.05) is 0 Å². The molecule has 0 aliphatic heterocycles. The van der Waals surface area contributed by atoms with E-state index in [-0.39, 0.29) is 5.78 Å². The number of hydrogen-bond acceptors (Lipinski definition) is 1. The molecule has 1 aliphatic rings. The predicted octanol–water partition coefficient (Wildman–Crippen LogP) is 4.24. The van der Waals surface area contributed by atoms with Crippen LogP contribution in [-0.2, 0) is 4.79 Å². The van der Waals surface area contributed by atoms with Crippen LogP contribution >= 0.6 is 0 Å². The molecule has 0 fully saturated rings. The number of Topliss-reactive ketones (excluding diaryl/α,β-unsaturated/α-hetero) is 1. The third kappa shape index (κ3) is 2.57. The van der Waals surface area contributed by atoms with Crippen LogP contribution in [-0.4, -0.2) is 5.78 Å². The zero-order chi connectivity index (χ0) is 13.5. The summed E-state index contributed by atoms with van der Waals surface area (Å²) in [4.78, 5) is 12.3. The van der Waals surface area contributed by atoms with Gasteiger partial charge in [-0.2, -0.15) is 0 Å². The predicted molar refractivity (Wildman–Crippen MR) is 78.2 cm³/mol. The maximum Gasteiger partial charge on any atom is 0.194 e. The molecule has 0 amide bonds. The second kappa shape index (κ2) is 6.55. The van der Waals surface area contributed by atoms with Gasteiger partial charge in [0.15, 0.2) is 5.78 Å². The third-order valence-corrected chi connectivity index (χ3v) is 2.63. The van der Waals surface area contributed by atoms with Crippen molar-refractivity contribution in [3.05, 3.63) is 84.1 Å². The van der Waals surface area contributed by atoms with Gasteiger partial charge in [-0.05, 0) is 25.0 Å². The van der Waals surface area contributed by atoms with E-state index in [9.17, 15) is 4.79 Å². The van der Waals surface area contributed by atoms with Crippen molar-refractivity contribution in [1.29, 1.82) is 0 Å². The number of rotatable bonds is 5. The van der Waals surface area contributed by atoms with E-state index >= 15 is 0 Å². The fourth-order valence-electron chi connectivity index (χ4n) is 1.90. The molecule has 1 rings (SSSR count). The lowest BCUT2D eigenvalue weighted by Crippen LogP contribution is -1.98. The summed E-state index contributed by atoms with van der Waals surface area (Å²) < 4.78 is 0. The molecule has 0 aromatic rings. The van der Waals surface area contributed by atoms with Gasteiger partial charge in [0.05, 0.1) is 0 Å². The molecule has 0 radical (unpaired) electrons. The molecule has 0 bridgehead atoms. The first-order chi connectivity index (χ1) is 8.71. The summed E-state index contributed by atoms with van der Waals surface area (Å²) >= 11 is 0. The molecule has 0 N–H and O–H groups in total. The molecular formula is C17H18O. The molecule has 1 aliphatic carbocycles. The summed E-state index contributed by atoms with van der Waals surface area (Å²) in [6, 6.07) is 0. The molecule has 0 heterocycles. The zero-order valence-corrected chi connectivity index (χ0v) is 10.9. The normalized spacial score (nSPS) is 16.9. The van der Waals surface area contributed by atoms with Crippen molar-refractivity contribution < 1.29 is 4.79 Å². The van der Waals surface area contributed by atoms with E-state index in [1.807, 2.05) is 50.3 Å². The van der Waals surface area contributed by atoms with Gasteiger partial charge in [0.25, 0.3) is 0 Å². The molecule has 0 spiro atoms. The highest BCUT2D eigenvalue weighted by molar-refractivity contribution is 6.17. The Balaban J connectivity index is 3.48. The second-order valence-corrected chi connectivity index (χ2v) is 3.78. The van der Waals surface area contributed by atoms with E-state index in [0.717, 1.165) is 11.1 Å². The third-order valence-electron chi connectivity index (χ3n) is 2.63. The van der Waals surface area contributed by atoms with Gasteiger partial charge in [-0.3, -0.25) is 4.79 Å². The van der Waals surface area contributed by atoms with Crippen LogP contribution in [0, 0.1) is 0 Å². The second-order valence-electron chi connectivity index (χ2n) is 3.78. The van der Waals surface area contributed by atoms with Crippen LogP contribution in [0.15, 0.2) is 84.1 Å². The molecule has 0 saturated carbocycles. The Morgan fingerprint density at radius 3 is 1.89 bits per heavy atom. The van der Waals surface area contributed by atoms with Gasteiger partial charge < -0.3 is 0 Å². The van der Waals surface area contributed by atoms with E-state index in [0.29, 0.717) is 11.1 Å². The smallest absolute Gasteiger partial charge is 0.194 e. The van der Waals surface area contributed by atoms with Crippen molar-refractivity contribution in [2.45, 2.75) is 13.8 Å². The Kier molecular flexibility index (Phi) is 5.06. The van der Waals surface area contributed by atoms with Gasteiger partial charge in [0.1, 0.15) is 0 Å². The van der Waals surface area contributed by atoms with Gasteiger partial charge in [-0.1, -0.05) is 61.8 Å². The first-order valence-electron chi connectivity index (χ1n) is 5.91. The van der Waals surface area contributed by atoms with Crippen LogP contribution in [0.5, 0.6) is 0 Å². The highest BCUT2D eigenvalue weighted by atomic mass is 16.1.